The number of aromatic hydroxyl groups is 1. The summed E-state index contributed by atoms with van der Waals surface area (Å²) in [6.07, 6.45) is 5.00. The van der Waals surface area contributed by atoms with Crippen molar-refractivity contribution in [2.75, 3.05) is 32.2 Å². The lowest BCUT2D eigenvalue weighted by Gasteiger charge is -2.14. The highest BCUT2D eigenvalue weighted by Crippen LogP contribution is 2.33. The second-order valence-corrected chi connectivity index (χ2v) is 5.53. The number of hydrogen-bond acceptors (Lipinski definition) is 6. The molecule has 120 valence electrons. The van der Waals surface area contributed by atoms with E-state index in [9.17, 15) is 5.11 Å². The van der Waals surface area contributed by atoms with E-state index in [1.54, 1.807) is 31.7 Å². The molecule has 0 saturated carbocycles. The van der Waals surface area contributed by atoms with Crippen LogP contribution in [-0.2, 0) is 4.74 Å². The molecule has 3 rings (SSSR count). The van der Waals surface area contributed by atoms with E-state index >= 15 is 0 Å². The average Bonchev–Trinajstić information content (AvgIpc) is 3.09. The predicted molar refractivity (Wildman–Crippen MR) is 90.7 cm³/mol. The van der Waals surface area contributed by atoms with Gasteiger partial charge in [-0.05, 0) is 12.1 Å². The van der Waals surface area contributed by atoms with Gasteiger partial charge in [0.15, 0.2) is 5.82 Å². The smallest absolute Gasteiger partial charge is 0.238 e. The molecule has 23 heavy (non-hydrogen) atoms. The van der Waals surface area contributed by atoms with Gasteiger partial charge in [-0.25, -0.2) is 9.98 Å². The molecule has 3 heterocycles. The Kier molecular flexibility index (Phi) is 4.31. The maximum Gasteiger partial charge on any atom is 0.238 e. The molecule has 0 spiro atoms. The molecule has 0 aromatic carbocycles. The number of rotatable bonds is 5. The van der Waals surface area contributed by atoms with Crippen molar-refractivity contribution in [2.24, 2.45) is 4.99 Å². The fourth-order valence-corrected chi connectivity index (χ4v) is 2.36. The lowest BCUT2D eigenvalue weighted by atomic mass is 10.1. The highest BCUT2D eigenvalue weighted by Gasteiger charge is 2.17. The molecule has 2 N–H and O–H groups in total. The highest BCUT2D eigenvalue weighted by atomic mass is 35.5. The number of fused-ring (bicyclic) bond motifs is 1. The summed E-state index contributed by atoms with van der Waals surface area (Å²) in [4.78, 5) is 17.4. The molecule has 7 nitrogen and oxygen atoms in total. The van der Waals surface area contributed by atoms with E-state index < -0.39 is 0 Å². The van der Waals surface area contributed by atoms with Gasteiger partial charge >= 0.3 is 0 Å². The molecule has 0 fully saturated rings. The van der Waals surface area contributed by atoms with Gasteiger partial charge in [0.2, 0.25) is 11.8 Å². The van der Waals surface area contributed by atoms with Crippen LogP contribution in [0.5, 0.6) is 5.88 Å². The van der Waals surface area contributed by atoms with E-state index in [0.717, 1.165) is 11.1 Å². The first-order valence-corrected chi connectivity index (χ1v) is 7.37. The third-order valence-electron chi connectivity index (χ3n) is 3.46. The highest BCUT2D eigenvalue weighted by molar-refractivity contribution is 6.31. The normalized spacial score (nSPS) is 14.5. The minimum atomic E-state index is -0.0754. The minimum Gasteiger partial charge on any atom is -0.492 e. The number of aromatic nitrogens is 3. The van der Waals surface area contributed by atoms with Gasteiger partial charge in [0.1, 0.15) is 5.69 Å². The molecule has 0 radical (unpaired) electrons. The summed E-state index contributed by atoms with van der Waals surface area (Å²) in [7, 11) is 3.50. The number of nitrogens with zero attached hydrogens (tertiary/aromatic N) is 4. The average molecular weight is 334 g/mol. The summed E-state index contributed by atoms with van der Waals surface area (Å²) in [5, 5.41) is 10.6. The number of aromatic amines is 1. The Labute approximate surface area is 138 Å². The van der Waals surface area contributed by atoms with Gasteiger partial charge in [0, 0.05) is 44.3 Å². The Hall–Kier alpha value is -2.38. The van der Waals surface area contributed by atoms with Gasteiger partial charge in [-0.1, -0.05) is 11.6 Å². The van der Waals surface area contributed by atoms with Crippen LogP contribution in [0.4, 0.5) is 11.8 Å². The number of pyridine rings is 1. The molecule has 0 amide bonds. The number of anilines is 1. The van der Waals surface area contributed by atoms with Crippen LogP contribution in [0.15, 0.2) is 17.3 Å². The van der Waals surface area contributed by atoms with Crippen molar-refractivity contribution in [1.82, 2.24) is 15.0 Å². The van der Waals surface area contributed by atoms with Crippen molar-refractivity contribution in [2.45, 2.75) is 0 Å². The number of allylic oxidation sites excluding steroid dienone is 1. The van der Waals surface area contributed by atoms with Crippen LogP contribution in [0.25, 0.3) is 11.6 Å². The minimum absolute atomic E-state index is 0.0754. The lowest BCUT2D eigenvalue weighted by molar-refractivity contribution is 0.206. The van der Waals surface area contributed by atoms with E-state index in [0.29, 0.717) is 35.6 Å². The zero-order chi connectivity index (χ0) is 16.4. The van der Waals surface area contributed by atoms with Gasteiger partial charge in [-0.3, -0.25) is 0 Å². The van der Waals surface area contributed by atoms with Crippen molar-refractivity contribution >= 4 is 41.2 Å². The molecule has 2 aromatic heterocycles. The van der Waals surface area contributed by atoms with Crippen molar-refractivity contribution in [3.8, 4) is 5.88 Å². The van der Waals surface area contributed by atoms with Crippen LogP contribution in [0.3, 0.4) is 0 Å². The number of aliphatic imine (C=N–C) groups is 1. The van der Waals surface area contributed by atoms with Gasteiger partial charge < -0.3 is 19.7 Å². The molecule has 0 aliphatic carbocycles. The monoisotopic (exact) mass is 333 g/mol. The molecule has 0 atom stereocenters. The van der Waals surface area contributed by atoms with Crippen LogP contribution in [-0.4, -0.2) is 53.6 Å². The summed E-state index contributed by atoms with van der Waals surface area (Å²) < 4.78 is 5.03. The summed E-state index contributed by atoms with van der Waals surface area (Å²) in [6.45, 7) is 1.22. The summed E-state index contributed by atoms with van der Waals surface area (Å²) in [5.41, 5.74) is 2.12. The summed E-state index contributed by atoms with van der Waals surface area (Å²) >= 11 is 5.98. The van der Waals surface area contributed by atoms with Crippen molar-refractivity contribution < 1.29 is 9.84 Å². The van der Waals surface area contributed by atoms with E-state index in [-0.39, 0.29) is 5.88 Å². The largest absolute Gasteiger partial charge is 0.492 e. The number of H-pyrrole nitrogens is 1. The Morgan fingerprint density at radius 1 is 1.48 bits per heavy atom. The van der Waals surface area contributed by atoms with Crippen molar-refractivity contribution in [1.29, 1.82) is 0 Å². The lowest BCUT2D eigenvalue weighted by Crippen LogP contribution is -2.23. The quantitative estimate of drug-likeness (QED) is 0.878. The number of nitrogens with one attached hydrogen (secondary N) is 1. The van der Waals surface area contributed by atoms with E-state index in [1.165, 1.54) is 0 Å². The number of ether oxygens (including phenoxy) is 1. The van der Waals surface area contributed by atoms with Crippen molar-refractivity contribution in [3.63, 3.8) is 0 Å². The predicted octanol–water partition coefficient (Wildman–Crippen LogP) is 2.50. The van der Waals surface area contributed by atoms with E-state index in [1.807, 2.05) is 11.9 Å². The zero-order valence-electron chi connectivity index (χ0n) is 12.7. The second-order valence-electron chi connectivity index (χ2n) is 5.09. The maximum atomic E-state index is 10.0. The third kappa shape index (κ3) is 3.20. The topological polar surface area (TPSA) is 86.6 Å². The Bertz CT molecular complexity index is 784. The molecular weight excluding hydrogens is 318 g/mol. The number of imidazole rings is 1. The summed E-state index contributed by atoms with van der Waals surface area (Å²) in [5.74, 6) is 1.09. The fourth-order valence-electron chi connectivity index (χ4n) is 2.20. The standard InChI is InChI=1S/C15H16ClN5O2/c1-21(3-4-23-2)15-19-12(14(22)20-15)5-9-7-17-13-11(9)6-10(16)8-18-13/h5-8,22H,3-4H2,1-2H3,(H,19,20)/b9-5-. The fraction of sp³-hybridized carbons (Fsp3) is 0.267. The molecule has 0 bridgehead atoms. The maximum absolute atomic E-state index is 10.0. The molecule has 0 saturated heterocycles. The molecule has 0 unspecified atom stereocenters. The number of halogens is 1. The summed E-state index contributed by atoms with van der Waals surface area (Å²) in [6, 6.07) is 1.79. The van der Waals surface area contributed by atoms with Gasteiger partial charge in [-0.15, -0.1) is 0 Å². The first-order valence-electron chi connectivity index (χ1n) is 6.99. The first kappa shape index (κ1) is 15.5. The van der Waals surface area contributed by atoms with Crippen LogP contribution in [0, 0.1) is 0 Å². The Morgan fingerprint density at radius 3 is 3.09 bits per heavy atom. The molecule has 2 aromatic rings. The number of likely N-dealkylation sites (N-methyl/N-ethyl adjacent to an activating group) is 1. The van der Waals surface area contributed by atoms with Crippen LogP contribution < -0.4 is 4.90 Å². The van der Waals surface area contributed by atoms with Gasteiger partial charge in [0.05, 0.1) is 11.6 Å². The molecular formula is C15H16ClN5O2. The second kappa shape index (κ2) is 6.39. The van der Waals surface area contributed by atoms with Crippen LogP contribution in [0.2, 0.25) is 5.02 Å². The number of methoxy groups -OCH3 is 1. The van der Waals surface area contributed by atoms with E-state index in [4.69, 9.17) is 16.3 Å². The number of hydrogen-bond donors (Lipinski definition) is 2. The van der Waals surface area contributed by atoms with E-state index in [2.05, 4.69) is 19.9 Å². The third-order valence-corrected chi connectivity index (χ3v) is 3.67. The Balaban J connectivity index is 1.89. The zero-order valence-corrected chi connectivity index (χ0v) is 13.5. The van der Waals surface area contributed by atoms with Gasteiger partial charge in [-0.2, -0.15) is 4.98 Å². The first-order chi connectivity index (χ1) is 11.1. The van der Waals surface area contributed by atoms with Gasteiger partial charge in [0.25, 0.3) is 0 Å². The molecule has 1 aliphatic rings. The Morgan fingerprint density at radius 2 is 2.30 bits per heavy atom. The van der Waals surface area contributed by atoms with Crippen LogP contribution >= 0.6 is 11.6 Å². The molecule has 8 heteroatoms. The van der Waals surface area contributed by atoms with Crippen molar-refractivity contribution in [3.05, 3.63) is 28.5 Å². The molecule has 1 aliphatic heterocycles. The van der Waals surface area contributed by atoms with Crippen LogP contribution in [0.1, 0.15) is 11.3 Å². The SMILES string of the molecule is COCCN(C)c1nc(O)c(/C=C2/C=Nc3ncc(Cl)cc32)[nH]1.